The van der Waals surface area contributed by atoms with E-state index >= 15 is 0 Å². The van der Waals surface area contributed by atoms with Gasteiger partial charge in [-0.25, -0.2) is 15.0 Å². The van der Waals surface area contributed by atoms with Crippen molar-refractivity contribution in [2.75, 3.05) is 0 Å². The molecule has 0 radical (unpaired) electrons. The van der Waals surface area contributed by atoms with Crippen molar-refractivity contribution >= 4 is 49.8 Å². The van der Waals surface area contributed by atoms with Gasteiger partial charge in [0.2, 0.25) is 0 Å². The molecule has 55 heavy (non-hydrogen) atoms. The highest BCUT2D eigenvalue weighted by Crippen LogP contribution is 2.56. The van der Waals surface area contributed by atoms with E-state index in [1.807, 2.05) is 72.8 Å². The van der Waals surface area contributed by atoms with E-state index in [0.717, 1.165) is 62.8 Å². The Morgan fingerprint density at radius 1 is 0.527 bits per heavy atom. The average Bonchev–Trinajstić information content (AvgIpc) is 3.94. The smallest absolute Gasteiger partial charge is 0.164 e. The van der Waals surface area contributed by atoms with Gasteiger partial charge in [0.1, 0.15) is 22.5 Å². The van der Waals surface area contributed by atoms with Gasteiger partial charge >= 0.3 is 0 Å². The van der Waals surface area contributed by atoms with Gasteiger partial charge in [-0.15, -0.1) is 0 Å². The molecule has 0 saturated carbocycles. The Kier molecular flexibility index (Phi) is 6.46. The number of nitrogens with zero attached hydrogens (tertiary/aromatic N) is 3. The van der Waals surface area contributed by atoms with E-state index in [1.54, 1.807) is 0 Å². The summed E-state index contributed by atoms with van der Waals surface area (Å²) in [6.07, 6.45) is 6.44. The van der Waals surface area contributed by atoms with E-state index in [0.29, 0.717) is 17.5 Å². The fraction of sp³-hybridized carbons (Fsp3) is 0.0600. The third-order valence-electron chi connectivity index (χ3n) is 11.4. The first-order chi connectivity index (χ1) is 27.3. The fourth-order valence-corrected chi connectivity index (χ4v) is 9.08. The van der Waals surface area contributed by atoms with Crippen LogP contribution in [0, 0.1) is 0 Å². The first-order valence-electron chi connectivity index (χ1n) is 18.9. The molecule has 12 rings (SSSR count). The number of aromatic nitrogens is 3. The molecule has 1 unspecified atom stereocenters. The zero-order valence-electron chi connectivity index (χ0n) is 29.7. The number of hydrogen-bond donors (Lipinski definition) is 0. The fourth-order valence-electron chi connectivity index (χ4n) is 9.08. The van der Waals surface area contributed by atoms with E-state index in [1.165, 1.54) is 49.5 Å². The molecule has 10 aromatic rings. The molecule has 2 aliphatic rings. The lowest BCUT2D eigenvalue weighted by atomic mass is 9.86. The summed E-state index contributed by atoms with van der Waals surface area (Å²) in [4.78, 5) is 15.1. The Morgan fingerprint density at radius 2 is 1.22 bits per heavy atom. The first kappa shape index (κ1) is 30.4. The van der Waals surface area contributed by atoms with E-state index in [-0.39, 0.29) is 5.92 Å². The van der Waals surface area contributed by atoms with Crippen molar-refractivity contribution in [1.29, 1.82) is 0 Å². The SMILES string of the molecule is C1=Cc2c(oc3c4c(c5ccccc5c23)-c2ccccc2C4c2ccc3c(c2)oc2cccc(-c4nc(-c5ccccc5)nc(-c5ccccc5)n4)c23)CC1. The van der Waals surface area contributed by atoms with Crippen LogP contribution < -0.4 is 0 Å². The Hall–Kier alpha value is -7.11. The zero-order valence-corrected chi connectivity index (χ0v) is 29.7. The molecule has 3 heterocycles. The Balaban J connectivity index is 1.07. The maximum atomic E-state index is 6.91. The van der Waals surface area contributed by atoms with Crippen LogP contribution in [-0.2, 0) is 6.42 Å². The molecule has 0 aliphatic heterocycles. The van der Waals surface area contributed by atoms with Crippen LogP contribution in [0.1, 0.15) is 40.4 Å². The molecule has 2 aliphatic carbocycles. The molecule has 258 valence electrons. The van der Waals surface area contributed by atoms with Gasteiger partial charge in [0, 0.05) is 56.3 Å². The summed E-state index contributed by atoms with van der Waals surface area (Å²) >= 11 is 0. The second kappa shape index (κ2) is 11.7. The molecule has 7 aromatic carbocycles. The summed E-state index contributed by atoms with van der Waals surface area (Å²) in [7, 11) is 0. The van der Waals surface area contributed by atoms with Gasteiger partial charge in [-0.3, -0.25) is 0 Å². The molecule has 3 aromatic heterocycles. The first-order valence-corrected chi connectivity index (χ1v) is 18.9. The molecule has 5 heteroatoms. The minimum absolute atomic E-state index is 0.0302. The summed E-state index contributed by atoms with van der Waals surface area (Å²) in [6, 6.07) is 50.7. The number of benzene rings is 7. The number of rotatable bonds is 4. The van der Waals surface area contributed by atoms with E-state index in [2.05, 4.69) is 84.9 Å². The number of furan rings is 2. The molecular weight excluding hydrogens is 675 g/mol. The molecule has 0 N–H and O–H groups in total. The van der Waals surface area contributed by atoms with E-state index < -0.39 is 0 Å². The monoisotopic (exact) mass is 705 g/mol. The minimum Gasteiger partial charge on any atom is -0.460 e. The minimum atomic E-state index is -0.0302. The van der Waals surface area contributed by atoms with Crippen LogP contribution in [0.25, 0.3) is 95.0 Å². The number of aryl methyl sites for hydroxylation is 1. The van der Waals surface area contributed by atoms with Crippen molar-refractivity contribution in [3.63, 3.8) is 0 Å². The molecule has 0 bridgehead atoms. The van der Waals surface area contributed by atoms with Gasteiger partial charge in [0.15, 0.2) is 17.5 Å². The third kappa shape index (κ3) is 4.50. The maximum Gasteiger partial charge on any atom is 0.164 e. The molecule has 5 nitrogen and oxygen atoms in total. The number of hydrogen-bond acceptors (Lipinski definition) is 5. The van der Waals surface area contributed by atoms with Gasteiger partial charge in [-0.2, -0.15) is 0 Å². The van der Waals surface area contributed by atoms with Gasteiger partial charge in [0.25, 0.3) is 0 Å². The normalized spacial score (nSPS) is 14.5. The lowest BCUT2D eigenvalue weighted by Crippen LogP contribution is -2.00. The van der Waals surface area contributed by atoms with Crippen LogP contribution in [-0.4, -0.2) is 15.0 Å². The number of allylic oxidation sites excluding steroid dienone is 1. The van der Waals surface area contributed by atoms with E-state index in [9.17, 15) is 0 Å². The Morgan fingerprint density at radius 3 is 2.02 bits per heavy atom. The standard InChI is InChI=1S/C50H31N3O2/c1-3-14-29(15-4-1)48-51-49(30-16-5-2-6-17-30)53-50(52-48)38-23-13-25-40-43(38)37-27-26-31(28-41(37)54-40)42-32-18-7-8-19-33(32)44-34-20-9-10-21-35(34)45-36-22-11-12-24-39(36)55-47(45)46(42)44/h1-11,13-23,25-28,42H,12,24H2. The van der Waals surface area contributed by atoms with Gasteiger partial charge < -0.3 is 8.83 Å². The van der Waals surface area contributed by atoms with Crippen molar-refractivity contribution in [3.8, 4) is 45.3 Å². The van der Waals surface area contributed by atoms with Gasteiger partial charge in [0.05, 0.1) is 0 Å². The largest absolute Gasteiger partial charge is 0.460 e. The molecule has 1 atom stereocenters. The highest BCUT2D eigenvalue weighted by atomic mass is 16.3. The Labute approximate surface area is 316 Å². The van der Waals surface area contributed by atoms with Crippen LogP contribution in [0.3, 0.4) is 0 Å². The van der Waals surface area contributed by atoms with Crippen molar-refractivity contribution in [1.82, 2.24) is 15.0 Å². The summed E-state index contributed by atoms with van der Waals surface area (Å²) in [5, 5.41) is 5.73. The summed E-state index contributed by atoms with van der Waals surface area (Å²) in [5.41, 5.74) is 12.8. The lowest BCUT2D eigenvalue weighted by Gasteiger charge is -2.16. The number of fused-ring (bicyclic) bond motifs is 13. The molecule has 0 amide bonds. The van der Waals surface area contributed by atoms with Crippen LogP contribution in [0.5, 0.6) is 0 Å². The lowest BCUT2D eigenvalue weighted by molar-refractivity contribution is 0.543. The molecule has 0 spiro atoms. The quantitative estimate of drug-likeness (QED) is 0.182. The van der Waals surface area contributed by atoms with Crippen LogP contribution in [0.4, 0.5) is 0 Å². The molecular formula is C50H31N3O2. The van der Waals surface area contributed by atoms with Crippen molar-refractivity contribution < 1.29 is 8.83 Å². The van der Waals surface area contributed by atoms with Crippen molar-refractivity contribution in [3.05, 3.63) is 180 Å². The predicted octanol–water partition coefficient (Wildman–Crippen LogP) is 12.8. The second-order valence-electron chi connectivity index (χ2n) is 14.5. The second-order valence-corrected chi connectivity index (χ2v) is 14.5. The van der Waals surface area contributed by atoms with Crippen LogP contribution >= 0.6 is 0 Å². The van der Waals surface area contributed by atoms with E-state index in [4.69, 9.17) is 23.8 Å². The topological polar surface area (TPSA) is 65.0 Å². The van der Waals surface area contributed by atoms with Gasteiger partial charge in [-0.05, 0) is 51.6 Å². The molecule has 0 saturated heterocycles. The van der Waals surface area contributed by atoms with Crippen LogP contribution in [0.2, 0.25) is 0 Å². The highest BCUT2D eigenvalue weighted by Gasteiger charge is 2.36. The summed E-state index contributed by atoms with van der Waals surface area (Å²) in [6.45, 7) is 0. The predicted molar refractivity (Wildman–Crippen MR) is 221 cm³/mol. The maximum absolute atomic E-state index is 6.91. The van der Waals surface area contributed by atoms with Crippen LogP contribution in [0.15, 0.2) is 161 Å². The van der Waals surface area contributed by atoms with Gasteiger partial charge in [-0.1, -0.05) is 146 Å². The summed E-state index contributed by atoms with van der Waals surface area (Å²) < 4.78 is 13.7. The highest BCUT2D eigenvalue weighted by molar-refractivity contribution is 6.19. The third-order valence-corrected chi connectivity index (χ3v) is 11.4. The molecule has 0 fully saturated rings. The van der Waals surface area contributed by atoms with Crippen molar-refractivity contribution in [2.45, 2.75) is 18.8 Å². The average molecular weight is 706 g/mol. The zero-order chi connectivity index (χ0) is 36.0. The Bertz CT molecular complexity index is 3150. The van der Waals surface area contributed by atoms with Crippen molar-refractivity contribution in [2.24, 2.45) is 0 Å². The summed E-state index contributed by atoms with van der Waals surface area (Å²) in [5.74, 6) is 2.91.